The molecule has 130 valence electrons. The minimum Gasteiger partial charge on any atom is -0.465 e. The molecule has 0 aliphatic rings. The van der Waals surface area contributed by atoms with E-state index in [9.17, 15) is 4.79 Å². The van der Waals surface area contributed by atoms with E-state index in [1.807, 2.05) is 37.4 Å². The van der Waals surface area contributed by atoms with Gasteiger partial charge in [0.15, 0.2) is 0 Å². The average Bonchev–Trinajstić information content (AvgIpc) is 3.09. The maximum absolute atomic E-state index is 11.6. The van der Waals surface area contributed by atoms with Crippen LogP contribution < -0.4 is 5.32 Å². The van der Waals surface area contributed by atoms with E-state index in [0.717, 1.165) is 22.6 Å². The molecule has 0 saturated heterocycles. The van der Waals surface area contributed by atoms with Crippen LogP contribution in [0.5, 0.6) is 0 Å². The van der Waals surface area contributed by atoms with Crippen molar-refractivity contribution in [2.45, 2.75) is 6.54 Å². The Kier molecular flexibility index (Phi) is 5.30. The average molecular weight is 346 g/mol. The summed E-state index contributed by atoms with van der Waals surface area (Å²) in [4.78, 5) is 15.8. The van der Waals surface area contributed by atoms with Gasteiger partial charge in [-0.05, 0) is 36.4 Å². The van der Waals surface area contributed by atoms with E-state index in [-0.39, 0.29) is 5.97 Å². The van der Waals surface area contributed by atoms with Gasteiger partial charge in [-0.15, -0.1) is 0 Å². The van der Waals surface area contributed by atoms with Gasteiger partial charge in [0.2, 0.25) is 0 Å². The fraction of sp³-hybridized carbons (Fsp3) is 0.150. The lowest BCUT2D eigenvalue weighted by Gasteiger charge is -2.06. The van der Waals surface area contributed by atoms with Crippen molar-refractivity contribution in [3.8, 4) is 11.8 Å². The van der Waals surface area contributed by atoms with Crippen LogP contribution in [-0.2, 0) is 18.3 Å². The van der Waals surface area contributed by atoms with Crippen LogP contribution in [0.15, 0.2) is 54.9 Å². The first-order valence-electron chi connectivity index (χ1n) is 8.03. The SMILES string of the molecule is COC(=O)c1cccc(C#Cc2cccc(NCc3ncnn3C)c2)c1. The highest BCUT2D eigenvalue weighted by Crippen LogP contribution is 2.11. The lowest BCUT2D eigenvalue weighted by Crippen LogP contribution is -2.06. The van der Waals surface area contributed by atoms with Crippen molar-refractivity contribution >= 4 is 11.7 Å². The zero-order valence-corrected chi connectivity index (χ0v) is 14.6. The number of carbonyl (C=O) groups excluding carboxylic acids is 1. The molecule has 0 amide bonds. The van der Waals surface area contributed by atoms with Crippen LogP contribution in [-0.4, -0.2) is 27.8 Å². The Morgan fingerprint density at radius 3 is 2.58 bits per heavy atom. The van der Waals surface area contributed by atoms with Crippen molar-refractivity contribution in [2.75, 3.05) is 12.4 Å². The van der Waals surface area contributed by atoms with E-state index in [0.29, 0.717) is 12.1 Å². The minimum absolute atomic E-state index is 0.372. The summed E-state index contributed by atoms with van der Waals surface area (Å²) in [6, 6.07) is 14.9. The molecule has 1 aromatic heterocycles. The number of aryl methyl sites for hydroxylation is 1. The van der Waals surface area contributed by atoms with Gasteiger partial charge in [0, 0.05) is 23.9 Å². The molecule has 26 heavy (non-hydrogen) atoms. The predicted molar refractivity (Wildman–Crippen MR) is 98.5 cm³/mol. The molecule has 1 N–H and O–H groups in total. The summed E-state index contributed by atoms with van der Waals surface area (Å²) in [7, 11) is 3.22. The Bertz CT molecular complexity index is 982. The van der Waals surface area contributed by atoms with Crippen LogP contribution in [0.3, 0.4) is 0 Å². The number of rotatable bonds is 4. The zero-order valence-electron chi connectivity index (χ0n) is 14.6. The smallest absolute Gasteiger partial charge is 0.337 e. The van der Waals surface area contributed by atoms with Gasteiger partial charge in [-0.3, -0.25) is 4.68 Å². The maximum Gasteiger partial charge on any atom is 0.337 e. The molecule has 0 spiro atoms. The van der Waals surface area contributed by atoms with E-state index < -0.39 is 0 Å². The van der Waals surface area contributed by atoms with Gasteiger partial charge in [0.25, 0.3) is 0 Å². The van der Waals surface area contributed by atoms with Crippen molar-refractivity contribution in [3.05, 3.63) is 77.4 Å². The third kappa shape index (κ3) is 4.28. The number of anilines is 1. The van der Waals surface area contributed by atoms with Crippen LogP contribution in [0.25, 0.3) is 0 Å². The fourth-order valence-electron chi connectivity index (χ4n) is 2.35. The maximum atomic E-state index is 11.6. The Morgan fingerprint density at radius 1 is 1.15 bits per heavy atom. The number of ether oxygens (including phenoxy) is 1. The van der Waals surface area contributed by atoms with Crippen molar-refractivity contribution in [1.82, 2.24) is 14.8 Å². The van der Waals surface area contributed by atoms with Gasteiger partial charge in [-0.25, -0.2) is 9.78 Å². The van der Waals surface area contributed by atoms with E-state index in [4.69, 9.17) is 4.74 Å². The molecule has 2 aromatic carbocycles. The highest BCUT2D eigenvalue weighted by atomic mass is 16.5. The standard InChI is InChI=1S/C20H18N4O2/c1-24-19(22-14-23-24)13-21-18-8-4-6-16(12-18)10-9-15-5-3-7-17(11-15)20(25)26-2/h3-8,11-12,14,21H,13H2,1-2H3. The lowest BCUT2D eigenvalue weighted by molar-refractivity contribution is 0.0600. The predicted octanol–water partition coefficient (Wildman–Crippen LogP) is 2.61. The number of benzene rings is 2. The number of carbonyl (C=O) groups is 1. The molecule has 1 heterocycles. The van der Waals surface area contributed by atoms with E-state index in [1.165, 1.54) is 13.4 Å². The second kappa shape index (κ2) is 7.99. The van der Waals surface area contributed by atoms with Gasteiger partial charge in [-0.1, -0.05) is 24.0 Å². The van der Waals surface area contributed by atoms with E-state index >= 15 is 0 Å². The van der Waals surface area contributed by atoms with Gasteiger partial charge >= 0.3 is 5.97 Å². The summed E-state index contributed by atoms with van der Waals surface area (Å²) in [6.07, 6.45) is 1.53. The number of aromatic nitrogens is 3. The van der Waals surface area contributed by atoms with Crippen LogP contribution in [0.2, 0.25) is 0 Å². The first kappa shape index (κ1) is 17.2. The zero-order chi connectivity index (χ0) is 18.4. The molecule has 6 heteroatoms. The number of esters is 1. The van der Waals surface area contributed by atoms with Gasteiger partial charge < -0.3 is 10.1 Å². The molecule has 0 atom stereocenters. The van der Waals surface area contributed by atoms with Crippen LogP contribution in [0.4, 0.5) is 5.69 Å². The normalized spacial score (nSPS) is 9.92. The fourth-order valence-corrected chi connectivity index (χ4v) is 2.35. The number of hydrogen-bond donors (Lipinski definition) is 1. The topological polar surface area (TPSA) is 69.0 Å². The van der Waals surface area contributed by atoms with Crippen molar-refractivity contribution in [2.24, 2.45) is 7.05 Å². The molecule has 0 saturated carbocycles. The summed E-state index contributed by atoms with van der Waals surface area (Å²) in [5.74, 6) is 6.67. The molecule has 0 unspecified atom stereocenters. The van der Waals surface area contributed by atoms with Gasteiger partial charge in [0.1, 0.15) is 12.2 Å². The highest BCUT2D eigenvalue weighted by molar-refractivity contribution is 5.89. The second-order valence-electron chi connectivity index (χ2n) is 5.56. The monoisotopic (exact) mass is 346 g/mol. The Morgan fingerprint density at radius 2 is 1.88 bits per heavy atom. The Hall–Kier alpha value is -3.59. The molecule has 0 aliphatic heterocycles. The van der Waals surface area contributed by atoms with Crippen LogP contribution in [0, 0.1) is 11.8 Å². The van der Waals surface area contributed by atoms with Crippen molar-refractivity contribution in [1.29, 1.82) is 0 Å². The van der Waals surface area contributed by atoms with Crippen LogP contribution in [0.1, 0.15) is 27.3 Å². The number of nitrogens with zero attached hydrogens (tertiary/aromatic N) is 3. The van der Waals surface area contributed by atoms with Crippen LogP contribution >= 0.6 is 0 Å². The van der Waals surface area contributed by atoms with E-state index in [1.54, 1.807) is 22.9 Å². The molecule has 3 aromatic rings. The molecule has 0 aliphatic carbocycles. The van der Waals surface area contributed by atoms with Gasteiger partial charge in [0.05, 0.1) is 19.2 Å². The molecule has 0 fully saturated rings. The Balaban J connectivity index is 1.72. The minimum atomic E-state index is -0.372. The largest absolute Gasteiger partial charge is 0.465 e. The number of methoxy groups -OCH3 is 1. The van der Waals surface area contributed by atoms with Crippen molar-refractivity contribution in [3.63, 3.8) is 0 Å². The molecule has 0 bridgehead atoms. The third-order valence-corrected chi connectivity index (χ3v) is 3.75. The summed E-state index contributed by atoms with van der Waals surface area (Å²) in [5.41, 5.74) is 3.06. The molecular weight excluding hydrogens is 328 g/mol. The summed E-state index contributed by atoms with van der Waals surface area (Å²) in [5, 5.41) is 7.35. The first-order valence-corrected chi connectivity index (χ1v) is 8.03. The van der Waals surface area contributed by atoms with Crippen molar-refractivity contribution < 1.29 is 9.53 Å². The number of nitrogens with one attached hydrogen (secondary N) is 1. The summed E-state index contributed by atoms with van der Waals surface area (Å²) in [6.45, 7) is 0.578. The second-order valence-corrected chi connectivity index (χ2v) is 5.56. The number of hydrogen-bond acceptors (Lipinski definition) is 5. The molecule has 3 rings (SSSR count). The molecule has 0 radical (unpaired) electrons. The Labute approximate surface area is 151 Å². The third-order valence-electron chi connectivity index (χ3n) is 3.75. The summed E-state index contributed by atoms with van der Waals surface area (Å²) >= 11 is 0. The molecule has 6 nitrogen and oxygen atoms in total. The van der Waals surface area contributed by atoms with Gasteiger partial charge in [-0.2, -0.15) is 5.10 Å². The first-order chi connectivity index (χ1) is 12.7. The quantitative estimate of drug-likeness (QED) is 0.581. The highest BCUT2D eigenvalue weighted by Gasteiger charge is 2.04. The molecular formula is C20H18N4O2. The summed E-state index contributed by atoms with van der Waals surface area (Å²) < 4.78 is 6.46. The lowest BCUT2D eigenvalue weighted by atomic mass is 10.1. The van der Waals surface area contributed by atoms with E-state index in [2.05, 4.69) is 27.2 Å².